The molecule has 0 unspecified atom stereocenters. The molecule has 1 aliphatic carbocycles. The van der Waals surface area contributed by atoms with E-state index in [0.29, 0.717) is 17.9 Å². The zero-order valence-electron chi connectivity index (χ0n) is 23.3. The highest BCUT2D eigenvalue weighted by molar-refractivity contribution is 5.87. The highest BCUT2D eigenvalue weighted by Gasteiger charge is 2.29. The largest absolute Gasteiger partial charge is 0.383 e. The zero-order chi connectivity index (χ0) is 27.9. The lowest BCUT2D eigenvalue weighted by molar-refractivity contribution is -0.127. The van der Waals surface area contributed by atoms with Gasteiger partial charge in [-0.05, 0) is 92.1 Å². The molecule has 0 saturated carbocycles. The van der Waals surface area contributed by atoms with E-state index in [-0.39, 0.29) is 5.91 Å². The van der Waals surface area contributed by atoms with Crippen LogP contribution in [0.3, 0.4) is 0 Å². The van der Waals surface area contributed by atoms with Gasteiger partial charge in [-0.1, -0.05) is 12.6 Å². The third-order valence-corrected chi connectivity index (χ3v) is 8.88. The van der Waals surface area contributed by atoms with Gasteiger partial charge in [0.2, 0.25) is 5.91 Å². The third-order valence-electron chi connectivity index (χ3n) is 8.88. The Bertz CT molecular complexity index is 1610. The minimum Gasteiger partial charge on any atom is -0.383 e. The van der Waals surface area contributed by atoms with Gasteiger partial charge in [0.1, 0.15) is 17.2 Å². The Morgan fingerprint density at radius 1 is 1.02 bits per heavy atom. The van der Waals surface area contributed by atoms with Gasteiger partial charge in [-0.25, -0.2) is 15.0 Å². The summed E-state index contributed by atoms with van der Waals surface area (Å²) >= 11 is 0. The highest BCUT2D eigenvalue weighted by Crippen LogP contribution is 2.37. The first-order valence-corrected chi connectivity index (χ1v) is 14.7. The van der Waals surface area contributed by atoms with Crippen LogP contribution in [0, 0.1) is 0 Å². The summed E-state index contributed by atoms with van der Waals surface area (Å²) in [5.41, 5.74) is 12.6. The third kappa shape index (κ3) is 4.74. The van der Waals surface area contributed by atoms with Crippen molar-refractivity contribution in [1.29, 1.82) is 0 Å². The minimum atomic E-state index is 0.0312. The topological polar surface area (TPSA) is 105 Å². The molecular weight excluding hydrogens is 512 g/mol. The van der Waals surface area contributed by atoms with Crippen LogP contribution in [0.1, 0.15) is 49.3 Å². The molecule has 9 heteroatoms. The molecule has 2 fully saturated rings. The number of likely N-dealkylation sites (tertiary alicyclic amines) is 1. The Kier molecular flexibility index (Phi) is 6.66. The Hall–Kier alpha value is -4.24. The van der Waals surface area contributed by atoms with Crippen molar-refractivity contribution in [3.8, 4) is 17.1 Å². The number of aromatic nitrogens is 4. The number of nitrogens with one attached hydrogen (secondary N) is 1. The van der Waals surface area contributed by atoms with Gasteiger partial charge in [-0.2, -0.15) is 0 Å². The molecule has 0 bridgehead atoms. The number of nitrogens with two attached hydrogens (primary N) is 1. The van der Waals surface area contributed by atoms with Crippen LogP contribution in [0.25, 0.3) is 28.2 Å². The molecule has 4 aromatic rings. The summed E-state index contributed by atoms with van der Waals surface area (Å²) in [5, 5.41) is 3.89. The first kappa shape index (κ1) is 25.7. The predicted octanol–water partition coefficient (Wildman–Crippen LogP) is 4.42. The number of anilines is 2. The molecule has 3 aromatic heterocycles. The van der Waals surface area contributed by atoms with Crippen LogP contribution in [-0.4, -0.2) is 62.5 Å². The van der Waals surface area contributed by atoms with Gasteiger partial charge in [0.15, 0.2) is 11.5 Å². The number of nitrogen functional groups attached to an aromatic ring is 1. The quantitative estimate of drug-likeness (QED) is 0.344. The second kappa shape index (κ2) is 10.6. The molecule has 1 atom stereocenters. The number of rotatable bonds is 6. The van der Waals surface area contributed by atoms with E-state index in [1.165, 1.54) is 30.0 Å². The maximum Gasteiger partial charge on any atom is 0.245 e. The van der Waals surface area contributed by atoms with Gasteiger partial charge >= 0.3 is 0 Å². The van der Waals surface area contributed by atoms with Crippen molar-refractivity contribution in [2.45, 2.75) is 50.6 Å². The summed E-state index contributed by atoms with van der Waals surface area (Å²) in [7, 11) is 0. The number of hydrogen-bond donors (Lipinski definition) is 2. The van der Waals surface area contributed by atoms with Crippen LogP contribution < -0.4 is 16.0 Å². The number of carbonyl (C=O) groups is 1. The van der Waals surface area contributed by atoms with Gasteiger partial charge < -0.3 is 20.9 Å². The summed E-state index contributed by atoms with van der Waals surface area (Å²) in [4.78, 5) is 30.7. The van der Waals surface area contributed by atoms with Crippen molar-refractivity contribution in [3.63, 3.8) is 0 Å². The summed E-state index contributed by atoms with van der Waals surface area (Å²) in [6.07, 6.45) is 9.52. The molecule has 5 heterocycles. The van der Waals surface area contributed by atoms with Crippen LogP contribution in [0.2, 0.25) is 0 Å². The van der Waals surface area contributed by atoms with Crippen LogP contribution >= 0.6 is 0 Å². The lowest BCUT2D eigenvalue weighted by atomic mass is 10.0. The predicted molar refractivity (Wildman–Crippen MR) is 162 cm³/mol. The number of amides is 1. The molecule has 3 aliphatic rings. The zero-order valence-corrected chi connectivity index (χ0v) is 23.3. The van der Waals surface area contributed by atoms with Gasteiger partial charge in [-0.15, -0.1) is 0 Å². The minimum absolute atomic E-state index is 0.0312. The van der Waals surface area contributed by atoms with E-state index in [9.17, 15) is 4.79 Å². The fourth-order valence-electron chi connectivity index (χ4n) is 6.70. The van der Waals surface area contributed by atoms with Gasteiger partial charge in [0, 0.05) is 50.1 Å². The van der Waals surface area contributed by atoms with E-state index in [1.807, 2.05) is 17.0 Å². The molecule has 1 amide bonds. The Morgan fingerprint density at radius 3 is 2.63 bits per heavy atom. The fraction of sp³-hybridized carbons (Fsp3) is 0.375. The number of carbonyl (C=O) groups excluding carboxylic acids is 1. The lowest BCUT2D eigenvalue weighted by Crippen LogP contribution is -2.45. The summed E-state index contributed by atoms with van der Waals surface area (Å²) in [5.74, 6) is 2.23. The Morgan fingerprint density at radius 2 is 1.85 bits per heavy atom. The monoisotopic (exact) mass is 548 g/mol. The molecule has 1 aromatic carbocycles. The maximum absolute atomic E-state index is 12.0. The van der Waals surface area contributed by atoms with E-state index in [4.69, 9.17) is 15.7 Å². The van der Waals surface area contributed by atoms with Crippen molar-refractivity contribution >= 4 is 28.7 Å². The van der Waals surface area contributed by atoms with Gasteiger partial charge in [0.25, 0.3) is 0 Å². The average molecular weight is 549 g/mol. The molecule has 0 spiro atoms. The van der Waals surface area contributed by atoms with E-state index in [0.717, 1.165) is 85.9 Å². The molecular formula is C32H36N8O. The number of nitrogens with zero attached hydrogens (tertiary/aromatic N) is 6. The number of piperidine rings is 1. The van der Waals surface area contributed by atoms with E-state index >= 15 is 0 Å². The molecule has 41 heavy (non-hydrogen) atoms. The second-order valence-electron chi connectivity index (χ2n) is 11.4. The lowest BCUT2D eigenvalue weighted by Gasteiger charge is -2.33. The summed E-state index contributed by atoms with van der Waals surface area (Å²) in [6, 6.07) is 15.5. The van der Waals surface area contributed by atoms with Crippen molar-refractivity contribution in [2.75, 3.05) is 36.8 Å². The fourth-order valence-corrected chi connectivity index (χ4v) is 6.70. The first-order chi connectivity index (χ1) is 20.1. The smallest absolute Gasteiger partial charge is 0.245 e. The van der Waals surface area contributed by atoms with Crippen LogP contribution in [0.15, 0.2) is 61.3 Å². The standard InChI is InChI=1S/C32H36N8O/c1-2-29(41)39-18-13-22(14-19-39)35-26-10-7-21-20-23(8-9-24(21)26)40-31(25-6-5-15-34-30(25)33)36-27-11-12-28(37-32(27)40)38-16-3-4-17-38/h2,5-6,8-9,11-12,15,20,22,26,35H,1,3-4,7,10,13-14,16-19H2,(H2,33,34)/t26-/m0/s1. The number of fused-ring (bicyclic) bond motifs is 2. The molecule has 2 aliphatic heterocycles. The normalized spacial score (nSPS) is 19.2. The molecule has 9 nitrogen and oxygen atoms in total. The SMILES string of the molecule is C=CC(=O)N1CCC(N[C@H]2CCc3cc(-n4c(-c5cccnc5N)nc5ccc(N6CCCC6)nc54)ccc32)CC1. The molecule has 0 radical (unpaired) electrons. The van der Waals surface area contributed by atoms with Crippen molar-refractivity contribution in [1.82, 2.24) is 29.7 Å². The molecule has 2 saturated heterocycles. The summed E-state index contributed by atoms with van der Waals surface area (Å²) in [6.45, 7) is 7.25. The second-order valence-corrected chi connectivity index (χ2v) is 11.4. The van der Waals surface area contributed by atoms with Crippen LogP contribution in [0.5, 0.6) is 0 Å². The number of imidazole rings is 1. The Balaban J connectivity index is 1.22. The number of hydrogen-bond acceptors (Lipinski definition) is 7. The van der Waals surface area contributed by atoms with E-state index in [1.54, 1.807) is 6.20 Å². The van der Waals surface area contributed by atoms with Crippen LogP contribution in [-0.2, 0) is 11.2 Å². The van der Waals surface area contributed by atoms with Gasteiger partial charge in [-0.3, -0.25) is 9.36 Å². The molecule has 210 valence electrons. The van der Waals surface area contributed by atoms with Crippen molar-refractivity contribution in [2.24, 2.45) is 0 Å². The number of pyridine rings is 2. The van der Waals surface area contributed by atoms with Crippen LogP contribution in [0.4, 0.5) is 11.6 Å². The van der Waals surface area contributed by atoms with Crippen molar-refractivity contribution in [3.05, 3.63) is 72.4 Å². The molecule has 3 N–H and O–H groups in total. The van der Waals surface area contributed by atoms with Crippen molar-refractivity contribution < 1.29 is 4.79 Å². The van der Waals surface area contributed by atoms with E-state index < -0.39 is 0 Å². The number of aryl methyl sites for hydroxylation is 1. The molecule has 7 rings (SSSR count). The highest BCUT2D eigenvalue weighted by atomic mass is 16.2. The number of benzene rings is 1. The average Bonchev–Trinajstić information content (AvgIpc) is 3.76. The maximum atomic E-state index is 12.0. The first-order valence-electron chi connectivity index (χ1n) is 14.7. The summed E-state index contributed by atoms with van der Waals surface area (Å²) < 4.78 is 2.15. The Labute approximate surface area is 240 Å². The van der Waals surface area contributed by atoms with E-state index in [2.05, 4.69) is 56.7 Å². The van der Waals surface area contributed by atoms with Gasteiger partial charge in [0.05, 0.1) is 5.56 Å².